The molecular weight excluding hydrogens is 318 g/mol. The number of H-pyrrole nitrogens is 1. The lowest BCUT2D eigenvalue weighted by molar-refractivity contribution is 0.0950. The topological polar surface area (TPSA) is 75.7 Å². The number of ether oxygens (including phenoxy) is 2. The third kappa shape index (κ3) is 3.63. The predicted octanol–water partition coefficient (Wildman–Crippen LogP) is 3.34. The molecule has 25 heavy (non-hydrogen) atoms. The first-order valence-electron chi connectivity index (χ1n) is 7.76. The zero-order valence-electron chi connectivity index (χ0n) is 14.3. The number of carbonyl (C=O) groups is 1. The van der Waals surface area contributed by atoms with Crippen molar-refractivity contribution in [1.29, 1.82) is 0 Å². The number of hydrazone groups is 1. The second-order valence-electron chi connectivity index (χ2n) is 5.51. The van der Waals surface area contributed by atoms with Crippen molar-refractivity contribution >= 4 is 22.5 Å². The van der Waals surface area contributed by atoms with Crippen molar-refractivity contribution in [1.82, 2.24) is 10.4 Å². The lowest BCUT2D eigenvalue weighted by atomic mass is 10.1. The van der Waals surface area contributed by atoms with E-state index in [1.807, 2.05) is 49.4 Å². The summed E-state index contributed by atoms with van der Waals surface area (Å²) < 4.78 is 10.4. The number of hydrogen-bond acceptors (Lipinski definition) is 4. The number of fused-ring (bicyclic) bond motifs is 1. The minimum atomic E-state index is -0.308. The van der Waals surface area contributed by atoms with Crippen molar-refractivity contribution in [3.8, 4) is 11.5 Å². The molecule has 0 aliphatic carbocycles. The Labute approximate surface area is 145 Å². The van der Waals surface area contributed by atoms with Crippen molar-refractivity contribution in [2.75, 3.05) is 14.2 Å². The molecule has 0 spiro atoms. The van der Waals surface area contributed by atoms with Crippen molar-refractivity contribution in [3.05, 3.63) is 59.8 Å². The van der Waals surface area contributed by atoms with E-state index in [2.05, 4.69) is 15.5 Å². The summed E-state index contributed by atoms with van der Waals surface area (Å²) in [7, 11) is 3.22. The molecule has 1 amide bonds. The fraction of sp³-hybridized carbons (Fsp3) is 0.158. The summed E-state index contributed by atoms with van der Waals surface area (Å²) in [6.45, 7) is 1.82. The highest BCUT2D eigenvalue weighted by molar-refractivity contribution is 6.02. The molecule has 6 nitrogen and oxygen atoms in total. The van der Waals surface area contributed by atoms with Gasteiger partial charge in [0.15, 0.2) is 0 Å². The van der Waals surface area contributed by atoms with Crippen LogP contribution in [0.15, 0.2) is 53.6 Å². The molecule has 0 bridgehead atoms. The molecule has 2 aromatic carbocycles. The standard InChI is InChI=1S/C19H19N3O3/c1-12(13-5-4-6-15(9-13)24-2)21-22-19(23)18-11-14-10-16(25-3)7-8-17(14)20-18/h4-11,20H,1-3H3,(H,22,23)/b21-12+. The number of carbonyl (C=O) groups excluding carboxylic acids is 1. The van der Waals surface area contributed by atoms with Gasteiger partial charge in [-0.3, -0.25) is 4.79 Å². The molecule has 0 unspecified atom stereocenters. The highest BCUT2D eigenvalue weighted by Gasteiger charge is 2.10. The second kappa shape index (κ2) is 7.09. The number of rotatable bonds is 5. The van der Waals surface area contributed by atoms with Crippen LogP contribution in [0.3, 0.4) is 0 Å². The van der Waals surface area contributed by atoms with Gasteiger partial charge in [0.05, 0.1) is 19.9 Å². The van der Waals surface area contributed by atoms with Crippen molar-refractivity contribution in [2.45, 2.75) is 6.92 Å². The van der Waals surface area contributed by atoms with Gasteiger partial charge in [-0.1, -0.05) is 12.1 Å². The van der Waals surface area contributed by atoms with Crippen molar-refractivity contribution in [2.24, 2.45) is 5.10 Å². The first kappa shape index (κ1) is 16.6. The molecule has 6 heteroatoms. The maximum absolute atomic E-state index is 12.3. The molecule has 0 saturated heterocycles. The van der Waals surface area contributed by atoms with Crippen LogP contribution in [0.25, 0.3) is 10.9 Å². The Morgan fingerprint density at radius 2 is 1.80 bits per heavy atom. The third-order valence-corrected chi connectivity index (χ3v) is 3.89. The summed E-state index contributed by atoms with van der Waals surface area (Å²) >= 11 is 0. The van der Waals surface area contributed by atoms with Gasteiger partial charge < -0.3 is 14.5 Å². The number of nitrogens with zero attached hydrogens (tertiary/aromatic N) is 1. The Bertz CT molecular complexity index is 944. The second-order valence-corrected chi connectivity index (χ2v) is 5.51. The molecule has 1 heterocycles. The number of nitrogens with one attached hydrogen (secondary N) is 2. The summed E-state index contributed by atoms with van der Waals surface area (Å²) in [5.41, 5.74) is 5.43. The van der Waals surface area contributed by atoms with E-state index < -0.39 is 0 Å². The predicted molar refractivity (Wildman–Crippen MR) is 97.5 cm³/mol. The van der Waals surface area contributed by atoms with E-state index in [0.29, 0.717) is 11.4 Å². The van der Waals surface area contributed by atoms with Crippen molar-refractivity contribution in [3.63, 3.8) is 0 Å². The average molecular weight is 337 g/mol. The fourth-order valence-electron chi connectivity index (χ4n) is 2.47. The van der Waals surface area contributed by atoms with Crippen LogP contribution in [-0.2, 0) is 0 Å². The zero-order chi connectivity index (χ0) is 17.8. The van der Waals surface area contributed by atoms with Crippen LogP contribution in [0.4, 0.5) is 0 Å². The van der Waals surface area contributed by atoms with Crippen LogP contribution in [0.2, 0.25) is 0 Å². The van der Waals surface area contributed by atoms with Crippen LogP contribution < -0.4 is 14.9 Å². The lowest BCUT2D eigenvalue weighted by Crippen LogP contribution is -2.19. The van der Waals surface area contributed by atoms with Crippen LogP contribution in [0.5, 0.6) is 11.5 Å². The molecule has 0 aliphatic rings. The molecule has 0 atom stereocenters. The maximum Gasteiger partial charge on any atom is 0.287 e. The number of amides is 1. The van der Waals surface area contributed by atoms with Gasteiger partial charge in [0.2, 0.25) is 0 Å². The summed E-state index contributed by atoms with van der Waals surface area (Å²) in [5.74, 6) is 1.17. The molecule has 3 rings (SSSR count). The Morgan fingerprint density at radius 3 is 2.56 bits per heavy atom. The molecule has 1 aromatic heterocycles. The van der Waals surface area contributed by atoms with Gasteiger partial charge in [-0.2, -0.15) is 5.10 Å². The summed E-state index contributed by atoms with van der Waals surface area (Å²) in [6, 6.07) is 14.8. The smallest absolute Gasteiger partial charge is 0.287 e. The highest BCUT2D eigenvalue weighted by atomic mass is 16.5. The Balaban J connectivity index is 1.77. The number of aromatic nitrogens is 1. The SMILES string of the molecule is COc1cccc(/C(C)=N/NC(=O)c2cc3cc(OC)ccc3[nH]2)c1. The van der Waals surface area contributed by atoms with Crippen LogP contribution in [0, 0.1) is 0 Å². The normalized spacial score (nSPS) is 11.4. The molecular formula is C19H19N3O3. The average Bonchev–Trinajstić information content (AvgIpc) is 3.09. The van der Waals surface area contributed by atoms with Gasteiger partial charge in [-0.25, -0.2) is 5.43 Å². The largest absolute Gasteiger partial charge is 0.497 e. The van der Waals surface area contributed by atoms with Crippen LogP contribution in [-0.4, -0.2) is 30.8 Å². The number of benzene rings is 2. The molecule has 128 valence electrons. The third-order valence-electron chi connectivity index (χ3n) is 3.89. The van der Waals surface area contributed by atoms with Gasteiger partial charge >= 0.3 is 0 Å². The molecule has 0 fully saturated rings. The molecule has 2 N–H and O–H groups in total. The van der Waals surface area contributed by atoms with Crippen molar-refractivity contribution < 1.29 is 14.3 Å². The Kier molecular flexibility index (Phi) is 4.70. The first-order valence-corrected chi connectivity index (χ1v) is 7.76. The van der Waals surface area contributed by atoms with Crippen LogP contribution >= 0.6 is 0 Å². The van der Waals surface area contributed by atoms with Crippen LogP contribution in [0.1, 0.15) is 23.0 Å². The summed E-state index contributed by atoms with van der Waals surface area (Å²) in [6.07, 6.45) is 0. The van der Waals surface area contributed by atoms with Gasteiger partial charge in [0.1, 0.15) is 17.2 Å². The van der Waals surface area contributed by atoms with E-state index in [4.69, 9.17) is 9.47 Å². The van der Waals surface area contributed by atoms with E-state index in [-0.39, 0.29) is 5.91 Å². The monoisotopic (exact) mass is 337 g/mol. The van der Waals surface area contributed by atoms with E-state index in [0.717, 1.165) is 28.0 Å². The molecule has 0 saturated carbocycles. The molecule has 0 radical (unpaired) electrons. The number of methoxy groups -OCH3 is 2. The quantitative estimate of drug-likeness (QED) is 0.554. The minimum absolute atomic E-state index is 0.308. The van der Waals surface area contributed by atoms with E-state index >= 15 is 0 Å². The fourth-order valence-corrected chi connectivity index (χ4v) is 2.47. The summed E-state index contributed by atoms with van der Waals surface area (Å²) in [4.78, 5) is 15.4. The maximum atomic E-state index is 12.3. The Hall–Kier alpha value is -3.28. The van der Waals surface area contributed by atoms with Gasteiger partial charge in [-0.05, 0) is 43.3 Å². The van der Waals surface area contributed by atoms with Gasteiger partial charge in [0.25, 0.3) is 5.91 Å². The zero-order valence-corrected chi connectivity index (χ0v) is 14.3. The molecule has 0 aliphatic heterocycles. The Morgan fingerprint density at radius 1 is 1.04 bits per heavy atom. The lowest BCUT2D eigenvalue weighted by Gasteiger charge is -2.04. The van der Waals surface area contributed by atoms with E-state index in [1.165, 1.54) is 0 Å². The number of aromatic amines is 1. The first-order chi connectivity index (χ1) is 12.1. The minimum Gasteiger partial charge on any atom is -0.497 e. The number of hydrogen-bond donors (Lipinski definition) is 2. The van der Waals surface area contributed by atoms with Gasteiger partial charge in [-0.15, -0.1) is 0 Å². The summed E-state index contributed by atoms with van der Waals surface area (Å²) in [5, 5.41) is 5.07. The highest BCUT2D eigenvalue weighted by Crippen LogP contribution is 2.21. The molecule has 3 aromatic rings. The van der Waals surface area contributed by atoms with Gasteiger partial charge in [0, 0.05) is 16.5 Å². The van der Waals surface area contributed by atoms with E-state index in [9.17, 15) is 4.79 Å². The van der Waals surface area contributed by atoms with E-state index in [1.54, 1.807) is 20.3 Å².